The Hall–Kier alpha value is -1.40. The number of aryl methyl sites for hydroxylation is 1. The quantitative estimate of drug-likeness (QED) is 0.818. The Labute approximate surface area is 111 Å². The van der Waals surface area contributed by atoms with Gasteiger partial charge in [0.25, 0.3) is 0 Å². The summed E-state index contributed by atoms with van der Waals surface area (Å²) in [5.41, 5.74) is -0.808. The maximum Gasteiger partial charge on any atom is 0.419 e. The number of rotatable bonds is 2. The summed E-state index contributed by atoms with van der Waals surface area (Å²) in [4.78, 5) is 0.811. The second-order valence-electron chi connectivity index (χ2n) is 4.07. The fourth-order valence-corrected chi connectivity index (χ4v) is 2.52. The van der Waals surface area contributed by atoms with Crippen LogP contribution in [0.2, 0.25) is 0 Å². The van der Waals surface area contributed by atoms with Crippen LogP contribution in [0, 0.1) is 12.7 Å². The lowest BCUT2D eigenvalue weighted by Gasteiger charge is -2.14. The summed E-state index contributed by atoms with van der Waals surface area (Å²) in [6, 6.07) is 4.17. The van der Waals surface area contributed by atoms with Gasteiger partial charge in [-0.15, -0.1) is 11.3 Å². The molecule has 1 heterocycles. The molecule has 0 aliphatic rings. The number of aliphatic hydroxyl groups is 1. The molecule has 1 aromatic heterocycles. The molecule has 0 fully saturated rings. The molecule has 0 aliphatic carbocycles. The van der Waals surface area contributed by atoms with Crippen molar-refractivity contribution in [3.05, 3.63) is 57.0 Å². The van der Waals surface area contributed by atoms with Crippen LogP contribution in [0.25, 0.3) is 0 Å². The van der Waals surface area contributed by atoms with Crippen molar-refractivity contribution in [2.45, 2.75) is 19.2 Å². The lowest BCUT2D eigenvalue weighted by molar-refractivity contribution is -0.140. The van der Waals surface area contributed by atoms with Gasteiger partial charge in [-0.3, -0.25) is 0 Å². The van der Waals surface area contributed by atoms with Gasteiger partial charge in [-0.05, 0) is 41.6 Å². The van der Waals surface area contributed by atoms with Crippen molar-refractivity contribution < 1.29 is 22.7 Å². The Balaban J connectivity index is 2.44. The van der Waals surface area contributed by atoms with E-state index in [-0.39, 0.29) is 5.56 Å². The Bertz CT molecular complexity index is 589. The van der Waals surface area contributed by atoms with Gasteiger partial charge < -0.3 is 5.11 Å². The van der Waals surface area contributed by atoms with Crippen LogP contribution >= 0.6 is 11.3 Å². The van der Waals surface area contributed by atoms with Gasteiger partial charge in [0.1, 0.15) is 11.9 Å². The van der Waals surface area contributed by atoms with E-state index in [1.807, 2.05) is 0 Å². The Morgan fingerprint density at radius 1 is 1.21 bits per heavy atom. The first-order valence-electron chi connectivity index (χ1n) is 5.39. The molecule has 19 heavy (non-hydrogen) atoms. The number of hydrogen-bond acceptors (Lipinski definition) is 2. The molecule has 0 amide bonds. The predicted octanol–water partition coefficient (Wildman–Crippen LogP) is 4.30. The molecular weight excluding hydrogens is 280 g/mol. The lowest BCUT2D eigenvalue weighted by atomic mass is 10.00. The monoisotopic (exact) mass is 290 g/mol. The van der Waals surface area contributed by atoms with Gasteiger partial charge in [-0.2, -0.15) is 13.2 Å². The van der Waals surface area contributed by atoms with E-state index in [9.17, 15) is 22.7 Å². The average molecular weight is 290 g/mol. The molecule has 102 valence electrons. The molecule has 1 nitrogen and oxygen atoms in total. The van der Waals surface area contributed by atoms with Crippen molar-refractivity contribution in [2.75, 3.05) is 0 Å². The topological polar surface area (TPSA) is 20.2 Å². The van der Waals surface area contributed by atoms with Crippen molar-refractivity contribution in [2.24, 2.45) is 0 Å². The standard InChI is InChI=1S/C13H10F4OS/c1-7-9(4-5-19-7)12(18)8-2-3-11(14)10(6-8)13(15,16)17/h2-6,12,18H,1H3. The van der Waals surface area contributed by atoms with Crippen LogP contribution in [0.1, 0.15) is 27.7 Å². The summed E-state index contributed by atoms with van der Waals surface area (Å²) in [6.45, 7) is 1.76. The Kier molecular flexibility index (Phi) is 3.64. The maximum atomic E-state index is 13.2. The van der Waals surface area contributed by atoms with Gasteiger partial charge in [-0.25, -0.2) is 4.39 Å². The molecule has 6 heteroatoms. The second kappa shape index (κ2) is 4.94. The van der Waals surface area contributed by atoms with Crippen molar-refractivity contribution in [1.82, 2.24) is 0 Å². The van der Waals surface area contributed by atoms with Crippen molar-refractivity contribution >= 4 is 11.3 Å². The zero-order valence-electron chi connectivity index (χ0n) is 9.83. The number of thiophene rings is 1. The molecule has 1 atom stereocenters. The summed E-state index contributed by atoms with van der Waals surface area (Å²) in [5, 5.41) is 11.8. The minimum atomic E-state index is -4.77. The number of alkyl halides is 3. The normalized spacial score (nSPS) is 13.6. The van der Waals surface area contributed by atoms with E-state index in [0.717, 1.165) is 17.0 Å². The smallest absolute Gasteiger partial charge is 0.384 e. The summed E-state index contributed by atoms with van der Waals surface area (Å²) in [5.74, 6) is -1.34. The highest BCUT2D eigenvalue weighted by atomic mass is 32.1. The number of halogens is 4. The SMILES string of the molecule is Cc1sccc1C(O)c1ccc(F)c(C(F)(F)F)c1. The summed E-state index contributed by atoms with van der Waals surface area (Å²) in [7, 11) is 0. The van der Waals surface area contributed by atoms with Crippen LogP contribution in [0.3, 0.4) is 0 Å². The zero-order chi connectivity index (χ0) is 14.2. The molecule has 1 unspecified atom stereocenters. The first-order chi connectivity index (χ1) is 8.80. The fourth-order valence-electron chi connectivity index (χ4n) is 1.79. The number of benzene rings is 1. The minimum Gasteiger partial charge on any atom is -0.384 e. The van der Waals surface area contributed by atoms with Crippen LogP contribution in [0.4, 0.5) is 17.6 Å². The first kappa shape index (κ1) is 14.0. The van der Waals surface area contributed by atoms with E-state index in [0.29, 0.717) is 11.6 Å². The van der Waals surface area contributed by atoms with Crippen LogP contribution in [-0.4, -0.2) is 5.11 Å². The van der Waals surface area contributed by atoms with E-state index in [1.165, 1.54) is 11.3 Å². The third-order valence-electron chi connectivity index (χ3n) is 2.81. The number of hydrogen-bond donors (Lipinski definition) is 1. The highest BCUT2D eigenvalue weighted by molar-refractivity contribution is 7.10. The highest BCUT2D eigenvalue weighted by Crippen LogP contribution is 2.35. The maximum absolute atomic E-state index is 13.2. The van der Waals surface area contributed by atoms with Crippen LogP contribution in [-0.2, 0) is 6.18 Å². The fraction of sp³-hybridized carbons (Fsp3) is 0.231. The zero-order valence-corrected chi connectivity index (χ0v) is 10.6. The van der Waals surface area contributed by atoms with Gasteiger partial charge >= 0.3 is 6.18 Å². The molecule has 2 aromatic rings. The molecule has 0 spiro atoms. The van der Waals surface area contributed by atoms with E-state index >= 15 is 0 Å². The molecule has 0 saturated heterocycles. The van der Waals surface area contributed by atoms with E-state index in [2.05, 4.69) is 0 Å². The van der Waals surface area contributed by atoms with Crippen molar-refractivity contribution in [1.29, 1.82) is 0 Å². The van der Waals surface area contributed by atoms with Crippen LogP contribution in [0.15, 0.2) is 29.6 Å². The van der Waals surface area contributed by atoms with Crippen LogP contribution < -0.4 is 0 Å². The largest absolute Gasteiger partial charge is 0.419 e. The average Bonchev–Trinajstić information content (AvgIpc) is 2.73. The van der Waals surface area contributed by atoms with E-state index < -0.39 is 23.7 Å². The molecule has 2 rings (SSSR count). The predicted molar refractivity (Wildman–Crippen MR) is 64.5 cm³/mol. The molecule has 0 saturated carbocycles. The lowest BCUT2D eigenvalue weighted by Crippen LogP contribution is -2.10. The van der Waals surface area contributed by atoms with Gasteiger partial charge in [0.15, 0.2) is 0 Å². The summed E-state index contributed by atoms with van der Waals surface area (Å²) < 4.78 is 50.9. The first-order valence-corrected chi connectivity index (χ1v) is 6.27. The second-order valence-corrected chi connectivity index (χ2v) is 5.19. The van der Waals surface area contributed by atoms with Crippen molar-refractivity contribution in [3.63, 3.8) is 0 Å². The Morgan fingerprint density at radius 3 is 2.42 bits per heavy atom. The third-order valence-corrected chi connectivity index (χ3v) is 3.67. The Morgan fingerprint density at radius 2 is 1.89 bits per heavy atom. The minimum absolute atomic E-state index is 0.0234. The molecular formula is C13H10F4OS. The molecule has 0 radical (unpaired) electrons. The third kappa shape index (κ3) is 2.79. The van der Waals surface area contributed by atoms with E-state index in [4.69, 9.17) is 0 Å². The molecule has 1 aromatic carbocycles. The number of aliphatic hydroxyl groups excluding tert-OH is 1. The van der Waals surface area contributed by atoms with E-state index in [1.54, 1.807) is 18.4 Å². The van der Waals surface area contributed by atoms with Crippen LogP contribution in [0.5, 0.6) is 0 Å². The highest BCUT2D eigenvalue weighted by Gasteiger charge is 2.34. The van der Waals surface area contributed by atoms with Crippen molar-refractivity contribution in [3.8, 4) is 0 Å². The molecule has 0 bridgehead atoms. The summed E-state index contributed by atoms with van der Waals surface area (Å²) >= 11 is 1.38. The van der Waals surface area contributed by atoms with Gasteiger partial charge in [0, 0.05) is 4.88 Å². The van der Waals surface area contributed by atoms with Gasteiger partial charge in [-0.1, -0.05) is 6.07 Å². The summed E-state index contributed by atoms with van der Waals surface area (Å²) in [6.07, 6.45) is -5.96. The van der Waals surface area contributed by atoms with Gasteiger partial charge in [0.05, 0.1) is 5.56 Å². The molecule has 0 aliphatic heterocycles. The molecule has 1 N–H and O–H groups in total. The van der Waals surface area contributed by atoms with Gasteiger partial charge in [0.2, 0.25) is 0 Å².